The van der Waals surface area contributed by atoms with E-state index < -0.39 is 5.97 Å². The molecule has 0 spiro atoms. The van der Waals surface area contributed by atoms with Crippen molar-refractivity contribution in [2.24, 2.45) is 0 Å². The Morgan fingerprint density at radius 1 is 1.16 bits per heavy atom. The molecule has 0 radical (unpaired) electrons. The molecule has 2 aromatic rings. The molecule has 0 saturated carbocycles. The molecule has 130 valence electrons. The molecule has 0 bridgehead atoms. The van der Waals surface area contributed by atoms with Crippen LogP contribution >= 0.6 is 0 Å². The van der Waals surface area contributed by atoms with E-state index in [1.54, 1.807) is 19.2 Å². The molecule has 1 amide bonds. The van der Waals surface area contributed by atoms with E-state index in [9.17, 15) is 14.7 Å². The number of nitrogens with one attached hydrogen (secondary N) is 1. The number of hydrogen-bond donors (Lipinski definition) is 2. The van der Waals surface area contributed by atoms with Crippen molar-refractivity contribution >= 4 is 17.6 Å². The van der Waals surface area contributed by atoms with Crippen molar-refractivity contribution < 1.29 is 14.7 Å². The summed E-state index contributed by atoms with van der Waals surface area (Å²) in [6.07, 6.45) is 1.64. The van der Waals surface area contributed by atoms with Crippen LogP contribution in [-0.2, 0) is 12.0 Å². The molecule has 2 N–H and O–H groups in total. The van der Waals surface area contributed by atoms with Crippen LogP contribution in [0.15, 0.2) is 42.5 Å². The van der Waals surface area contributed by atoms with Gasteiger partial charge in [0.05, 0.1) is 11.1 Å². The Balaban J connectivity index is 2.01. The van der Waals surface area contributed by atoms with E-state index in [1.807, 2.05) is 37.4 Å². The lowest BCUT2D eigenvalue weighted by molar-refractivity contribution is 0.0696. The van der Waals surface area contributed by atoms with E-state index >= 15 is 0 Å². The van der Waals surface area contributed by atoms with Gasteiger partial charge in [0.1, 0.15) is 0 Å². The van der Waals surface area contributed by atoms with Gasteiger partial charge in [-0.25, -0.2) is 4.79 Å². The molecule has 1 heterocycles. The fraction of sp³-hybridized carbons (Fsp3) is 0.300. The summed E-state index contributed by atoms with van der Waals surface area (Å²) in [7, 11) is 3.64. The van der Waals surface area contributed by atoms with Gasteiger partial charge in [-0.05, 0) is 61.2 Å². The number of anilines is 1. The maximum atomic E-state index is 12.0. The van der Waals surface area contributed by atoms with Crippen LogP contribution in [0.25, 0.3) is 0 Å². The summed E-state index contributed by atoms with van der Waals surface area (Å²) in [6, 6.07) is 13.0. The number of hydrogen-bond acceptors (Lipinski definition) is 3. The Hall–Kier alpha value is -2.82. The highest BCUT2D eigenvalue weighted by Gasteiger charge is 2.36. The van der Waals surface area contributed by atoms with Crippen LogP contribution in [-0.4, -0.2) is 31.1 Å². The summed E-state index contributed by atoms with van der Waals surface area (Å²) < 4.78 is 0. The Morgan fingerprint density at radius 3 is 2.60 bits per heavy atom. The standard InChI is InChI=1S/C20H22N2O3/c1-20(16-6-4-5-14(12-16)18(23)21-2)10-9-13-11-15(19(24)25)7-8-17(13)22(20)3/h4-8,11-12H,9-10H2,1-3H3,(H,21,23)(H,24,25). The fourth-order valence-corrected chi connectivity index (χ4v) is 3.54. The van der Waals surface area contributed by atoms with Crippen molar-refractivity contribution in [3.8, 4) is 0 Å². The molecule has 5 heteroatoms. The number of aromatic carboxylic acids is 1. The molecule has 25 heavy (non-hydrogen) atoms. The van der Waals surface area contributed by atoms with Gasteiger partial charge in [0, 0.05) is 25.3 Å². The Morgan fingerprint density at radius 2 is 1.92 bits per heavy atom. The summed E-state index contributed by atoms with van der Waals surface area (Å²) in [6.45, 7) is 2.16. The van der Waals surface area contributed by atoms with Gasteiger partial charge >= 0.3 is 5.97 Å². The third kappa shape index (κ3) is 2.86. The van der Waals surface area contributed by atoms with Crippen LogP contribution in [0, 0.1) is 0 Å². The first-order valence-corrected chi connectivity index (χ1v) is 8.29. The van der Waals surface area contributed by atoms with Crippen molar-refractivity contribution in [2.45, 2.75) is 25.3 Å². The summed E-state index contributed by atoms with van der Waals surface area (Å²) in [4.78, 5) is 25.3. The number of carboxylic acid groups (broad SMARTS) is 1. The number of rotatable bonds is 3. The molecule has 0 saturated heterocycles. The monoisotopic (exact) mass is 338 g/mol. The van der Waals surface area contributed by atoms with E-state index in [-0.39, 0.29) is 11.4 Å². The molecule has 5 nitrogen and oxygen atoms in total. The van der Waals surface area contributed by atoms with Crippen LogP contribution in [0.5, 0.6) is 0 Å². The summed E-state index contributed by atoms with van der Waals surface area (Å²) >= 11 is 0. The van der Waals surface area contributed by atoms with Gasteiger partial charge in [0.25, 0.3) is 5.91 Å². The molecule has 2 aromatic carbocycles. The third-order valence-corrected chi connectivity index (χ3v) is 5.28. The minimum Gasteiger partial charge on any atom is -0.478 e. The maximum absolute atomic E-state index is 12.0. The fourth-order valence-electron chi connectivity index (χ4n) is 3.54. The highest BCUT2D eigenvalue weighted by Crippen LogP contribution is 2.42. The number of carboxylic acids is 1. The second-order valence-electron chi connectivity index (χ2n) is 6.64. The normalized spacial score (nSPS) is 19.2. The minimum atomic E-state index is -0.905. The lowest BCUT2D eigenvalue weighted by atomic mass is 9.79. The van der Waals surface area contributed by atoms with Gasteiger partial charge in [0.15, 0.2) is 0 Å². The van der Waals surface area contributed by atoms with Crippen molar-refractivity contribution in [1.82, 2.24) is 5.32 Å². The molecule has 1 aliphatic heterocycles. The zero-order valence-corrected chi connectivity index (χ0v) is 14.7. The number of nitrogens with zero attached hydrogens (tertiary/aromatic N) is 1. The van der Waals surface area contributed by atoms with Gasteiger partial charge in [0.2, 0.25) is 0 Å². The maximum Gasteiger partial charge on any atom is 0.335 e. The van der Waals surface area contributed by atoms with Gasteiger partial charge in [-0.1, -0.05) is 12.1 Å². The van der Waals surface area contributed by atoms with Gasteiger partial charge in [-0.15, -0.1) is 0 Å². The molecule has 1 unspecified atom stereocenters. The summed E-state index contributed by atoms with van der Waals surface area (Å²) in [5, 5.41) is 11.8. The molecule has 0 fully saturated rings. The molecular formula is C20H22N2O3. The third-order valence-electron chi connectivity index (χ3n) is 5.28. The van der Waals surface area contributed by atoms with Gasteiger partial charge in [-0.2, -0.15) is 0 Å². The van der Waals surface area contributed by atoms with E-state index in [0.717, 1.165) is 29.7 Å². The number of aryl methyl sites for hydroxylation is 1. The average molecular weight is 338 g/mol. The highest BCUT2D eigenvalue weighted by molar-refractivity contribution is 5.94. The smallest absolute Gasteiger partial charge is 0.335 e. The molecule has 1 aliphatic rings. The first-order valence-electron chi connectivity index (χ1n) is 8.29. The first-order chi connectivity index (χ1) is 11.9. The quantitative estimate of drug-likeness (QED) is 0.902. The van der Waals surface area contributed by atoms with Crippen LogP contribution in [0.3, 0.4) is 0 Å². The lowest BCUT2D eigenvalue weighted by Crippen LogP contribution is -2.45. The summed E-state index contributed by atoms with van der Waals surface area (Å²) in [5.41, 5.74) is 3.84. The van der Waals surface area contributed by atoms with Crippen LogP contribution < -0.4 is 10.2 Å². The van der Waals surface area contributed by atoms with Gasteiger partial charge in [-0.3, -0.25) is 4.79 Å². The number of carbonyl (C=O) groups excluding carboxylic acids is 1. The van der Waals surface area contributed by atoms with Gasteiger partial charge < -0.3 is 15.3 Å². The second-order valence-corrected chi connectivity index (χ2v) is 6.64. The molecule has 0 aromatic heterocycles. The SMILES string of the molecule is CNC(=O)c1cccc(C2(C)CCc3cc(C(=O)O)ccc3N2C)c1. The Kier molecular flexibility index (Phi) is 4.25. The Labute approximate surface area is 147 Å². The molecular weight excluding hydrogens is 316 g/mol. The van der Waals surface area contributed by atoms with E-state index in [4.69, 9.17) is 0 Å². The average Bonchev–Trinajstić information content (AvgIpc) is 2.64. The number of fused-ring (bicyclic) bond motifs is 1. The zero-order chi connectivity index (χ0) is 18.2. The second kappa shape index (κ2) is 6.24. The molecule has 3 rings (SSSR count). The van der Waals surface area contributed by atoms with Crippen molar-refractivity contribution in [3.63, 3.8) is 0 Å². The summed E-state index contributed by atoms with van der Waals surface area (Å²) in [5.74, 6) is -1.01. The van der Waals surface area contributed by atoms with E-state index in [0.29, 0.717) is 11.1 Å². The van der Waals surface area contributed by atoms with Crippen molar-refractivity contribution in [1.29, 1.82) is 0 Å². The van der Waals surface area contributed by atoms with Crippen LogP contribution in [0.2, 0.25) is 0 Å². The largest absolute Gasteiger partial charge is 0.478 e. The predicted molar refractivity (Wildman–Crippen MR) is 97.3 cm³/mol. The zero-order valence-electron chi connectivity index (χ0n) is 14.7. The van der Waals surface area contributed by atoms with Crippen LogP contribution in [0.1, 0.15) is 45.2 Å². The van der Waals surface area contributed by atoms with Crippen molar-refractivity contribution in [3.05, 3.63) is 64.7 Å². The van der Waals surface area contributed by atoms with Crippen molar-refractivity contribution in [2.75, 3.05) is 19.0 Å². The number of benzene rings is 2. The molecule has 1 atom stereocenters. The lowest BCUT2D eigenvalue weighted by Gasteiger charge is -2.45. The van der Waals surface area contributed by atoms with E-state index in [1.165, 1.54) is 0 Å². The van der Waals surface area contributed by atoms with Crippen LogP contribution in [0.4, 0.5) is 5.69 Å². The van der Waals surface area contributed by atoms with E-state index in [2.05, 4.69) is 17.1 Å². The predicted octanol–water partition coefficient (Wildman–Crippen LogP) is 3.04. The highest BCUT2D eigenvalue weighted by atomic mass is 16.4. The number of carbonyl (C=O) groups is 2. The Bertz CT molecular complexity index is 847. The molecule has 0 aliphatic carbocycles. The first kappa shape index (κ1) is 17.0. The number of amides is 1. The topological polar surface area (TPSA) is 69.6 Å². The minimum absolute atomic E-state index is 0.101.